The van der Waals surface area contributed by atoms with Crippen molar-refractivity contribution in [2.75, 3.05) is 5.32 Å². The highest BCUT2D eigenvalue weighted by molar-refractivity contribution is 9.10. The third kappa shape index (κ3) is 1.73. The van der Waals surface area contributed by atoms with E-state index in [0.29, 0.717) is 18.5 Å². The maximum Gasteiger partial charge on any atom is 0.313 e. The second-order valence-corrected chi connectivity index (χ2v) is 7.55. The first-order valence-corrected chi connectivity index (χ1v) is 7.83. The second-order valence-electron chi connectivity index (χ2n) is 6.63. The lowest BCUT2D eigenvalue weighted by molar-refractivity contribution is -0.165. The fourth-order valence-electron chi connectivity index (χ4n) is 3.51. The van der Waals surface area contributed by atoms with E-state index in [1.165, 1.54) is 0 Å². The summed E-state index contributed by atoms with van der Waals surface area (Å²) in [5.74, 6) is -0.492. The van der Waals surface area contributed by atoms with E-state index in [1.54, 1.807) is 0 Å². The summed E-state index contributed by atoms with van der Waals surface area (Å²) in [4.78, 5) is 25.0. The molecular weight excluding hydrogens is 334 g/mol. The van der Waals surface area contributed by atoms with Crippen LogP contribution in [0.3, 0.4) is 0 Å². The minimum Gasteiger partial charge on any atom is -0.448 e. The largest absolute Gasteiger partial charge is 0.448 e. The summed E-state index contributed by atoms with van der Waals surface area (Å²) in [6, 6.07) is 7.35. The van der Waals surface area contributed by atoms with Crippen molar-refractivity contribution >= 4 is 33.5 Å². The van der Waals surface area contributed by atoms with Gasteiger partial charge in [-0.2, -0.15) is 0 Å². The molecule has 1 aromatic rings. The monoisotopic (exact) mass is 351 g/mol. The van der Waals surface area contributed by atoms with Crippen LogP contribution in [0.4, 0.5) is 5.69 Å². The molecule has 3 rings (SSSR count). The number of carbonyl (C=O) groups is 2. The van der Waals surface area contributed by atoms with Crippen molar-refractivity contribution in [1.82, 2.24) is 0 Å². The van der Waals surface area contributed by atoms with Crippen LogP contribution in [0.25, 0.3) is 0 Å². The molecule has 1 saturated heterocycles. The highest BCUT2D eigenvalue weighted by atomic mass is 79.9. The van der Waals surface area contributed by atoms with Gasteiger partial charge in [0.15, 0.2) is 5.60 Å². The fourth-order valence-corrected chi connectivity index (χ4v) is 3.78. The lowest BCUT2D eigenvalue weighted by atomic mass is 9.66. The number of hydrogen-bond donors (Lipinski definition) is 1. The average Bonchev–Trinajstić information content (AvgIpc) is 2.72. The summed E-state index contributed by atoms with van der Waals surface area (Å²) in [5.41, 5.74) is -1.46. The van der Waals surface area contributed by atoms with Gasteiger partial charge < -0.3 is 10.1 Å². The minimum atomic E-state index is -1.06. The van der Waals surface area contributed by atoms with Gasteiger partial charge in [-0.1, -0.05) is 29.8 Å². The van der Waals surface area contributed by atoms with Crippen molar-refractivity contribution < 1.29 is 14.3 Å². The lowest BCUT2D eigenvalue weighted by Gasteiger charge is -2.35. The first-order chi connectivity index (χ1) is 9.73. The Morgan fingerprint density at radius 1 is 1.19 bits per heavy atom. The molecule has 2 aliphatic rings. The first kappa shape index (κ1) is 14.6. The molecule has 1 saturated carbocycles. The van der Waals surface area contributed by atoms with Crippen LogP contribution < -0.4 is 5.32 Å². The Kier molecular flexibility index (Phi) is 3.00. The summed E-state index contributed by atoms with van der Waals surface area (Å²) in [6.07, 6.45) is 1.26. The molecule has 1 amide bonds. The molecule has 0 spiro atoms. The number of rotatable bonds is 2. The van der Waals surface area contributed by atoms with Crippen molar-refractivity contribution in [2.45, 2.75) is 39.2 Å². The van der Waals surface area contributed by atoms with Gasteiger partial charge in [0.05, 0.1) is 5.41 Å². The predicted octanol–water partition coefficient (Wildman–Crippen LogP) is 3.51. The van der Waals surface area contributed by atoms with Crippen molar-refractivity contribution in [1.29, 1.82) is 0 Å². The Bertz CT molecular complexity index is 625. The second kappa shape index (κ2) is 4.32. The SMILES string of the molecule is CC1(C)[C@]2(C)CC[C@]1(C(=O)Nc1ccc(Br)cc1)OC2=O. The van der Waals surface area contributed by atoms with Gasteiger partial charge in [-0.05, 0) is 44.0 Å². The van der Waals surface area contributed by atoms with Gasteiger partial charge >= 0.3 is 5.97 Å². The Labute approximate surface area is 132 Å². The van der Waals surface area contributed by atoms with E-state index >= 15 is 0 Å². The fraction of sp³-hybridized carbons (Fsp3) is 0.500. The van der Waals surface area contributed by atoms with Crippen molar-refractivity contribution in [2.24, 2.45) is 10.8 Å². The lowest BCUT2D eigenvalue weighted by Crippen LogP contribution is -2.50. The van der Waals surface area contributed by atoms with E-state index in [9.17, 15) is 9.59 Å². The molecule has 2 fully saturated rings. The number of halogens is 1. The van der Waals surface area contributed by atoms with E-state index in [-0.39, 0.29) is 11.9 Å². The molecule has 1 aliphatic carbocycles. The molecule has 0 aromatic heterocycles. The van der Waals surface area contributed by atoms with Crippen LogP contribution in [0.2, 0.25) is 0 Å². The molecule has 4 nitrogen and oxygen atoms in total. The highest BCUT2D eigenvalue weighted by Crippen LogP contribution is 2.65. The molecule has 2 atom stereocenters. The average molecular weight is 352 g/mol. The van der Waals surface area contributed by atoms with Crippen molar-refractivity contribution in [3.8, 4) is 0 Å². The third-order valence-corrected chi connectivity index (χ3v) is 6.08. The third-order valence-electron chi connectivity index (χ3n) is 5.55. The Morgan fingerprint density at radius 2 is 1.81 bits per heavy atom. The number of esters is 1. The predicted molar refractivity (Wildman–Crippen MR) is 82.7 cm³/mol. The number of ether oxygens (including phenoxy) is 1. The van der Waals surface area contributed by atoms with Gasteiger partial charge in [-0.3, -0.25) is 9.59 Å². The molecule has 21 heavy (non-hydrogen) atoms. The molecule has 1 heterocycles. The summed E-state index contributed by atoms with van der Waals surface area (Å²) < 4.78 is 6.51. The zero-order chi connectivity index (χ0) is 15.5. The normalized spacial score (nSPS) is 32.9. The Balaban J connectivity index is 1.91. The van der Waals surface area contributed by atoms with E-state index in [2.05, 4.69) is 21.2 Å². The maximum absolute atomic E-state index is 12.8. The molecule has 112 valence electrons. The topological polar surface area (TPSA) is 55.4 Å². The van der Waals surface area contributed by atoms with Crippen LogP contribution >= 0.6 is 15.9 Å². The van der Waals surface area contributed by atoms with Gasteiger partial charge in [0.1, 0.15) is 0 Å². The van der Waals surface area contributed by atoms with Crippen LogP contribution in [0.1, 0.15) is 33.6 Å². The van der Waals surface area contributed by atoms with Crippen LogP contribution in [0.15, 0.2) is 28.7 Å². The van der Waals surface area contributed by atoms with Gasteiger partial charge in [-0.15, -0.1) is 0 Å². The van der Waals surface area contributed by atoms with E-state index in [1.807, 2.05) is 45.0 Å². The van der Waals surface area contributed by atoms with Crippen LogP contribution in [0, 0.1) is 10.8 Å². The van der Waals surface area contributed by atoms with Crippen LogP contribution in [0.5, 0.6) is 0 Å². The number of amides is 1. The maximum atomic E-state index is 12.8. The van der Waals surface area contributed by atoms with Crippen LogP contribution in [-0.4, -0.2) is 17.5 Å². The Hall–Kier alpha value is -1.36. The molecule has 1 N–H and O–H groups in total. The number of fused-ring (bicyclic) bond motifs is 2. The van der Waals surface area contributed by atoms with Gasteiger partial charge in [0.25, 0.3) is 5.91 Å². The van der Waals surface area contributed by atoms with Crippen molar-refractivity contribution in [3.63, 3.8) is 0 Å². The quantitative estimate of drug-likeness (QED) is 0.829. The highest BCUT2D eigenvalue weighted by Gasteiger charge is 2.75. The molecule has 0 radical (unpaired) electrons. The Morgan fingerprint density at radius 3 is 2.29 bits per heavy atom. The standard InChI is InChI=1S/C16H18BrNO3/c1-14(2)15(3)8-9-16(14,21-13(15)20)12(19)18-11-6-4-10(17)5-7-11/h4-7H,8-9H2,1-3H3,(H,18,19)/t15-,16-/m1/s1. The summed E-state index contributed by atoms with van der Waals surface area (Å²) >= 11 is 3.36. The molecular formula is C16H18BrNO3. The molecule has 2 bridgehead atoms. The molecule has 1 aliphatic heterocycles. The number of nitrogens with one attached hydrogen (secondary N) is 1. The zero-order valence-corrected chi connectivity index (χ0v) is 13.9. The van der Waals surface area contributed by atoms with E-state index in [0.717, 1.165) is 4.47 Å². The van der Waals surface area contributed by atoms with Gasteiger partial charge in [0, 0.05) is 15.6 Å². The number of anilines is 1. The summed E-state index contributed by atoms with van der Waals surface area (Å²) in [7, 11) is 0. The van der Waals surface area contributed by atoms with E-state index in [4.69, 9.17) is 4.74 Å². The van der Waals surface area contributed by atoms with Crippen LogP contribution in [-0.2, 0) is 14.3 Å². The minimum absolute atomic E-state index is 0.232. The summed E-state index contributed by atoms with van der Waals surface area (Å²) in [5, 5.41) is 2.89. The van der Waals surface area contributed by atoms with E-state index < -0.39 is 16.4 Å². The van der Waals surface area contributed by atoms with Gasteiger partial charge in [0.2, 0.25) is 0 Å². The number of hydrogen-bond acceptors (Lipinski definition) is 3. The first-order valence-electron chi connectivity index (χ1n) is 7.03. The molecule has 0 unspecified atom stereocenters. The van der Waals surface area contributed by atoms with Gasteiger partial charge in [-0.25, -0.2) is 0 Å². The van der Waals surface area contributed by atoms with Crippen molar-refractivity contribution in [3.05, 3.63) is 28.7 Å². The smallest absolute Gasteiger partial charge is 0.313 e. The number of benzene rings is 1. The summed E-state index contributed by atoms with van der Waals surface area (Å²) in [6.45, 7) is 5.80. The molecule has 1 aromatic carbocycles. The number of carbonyl (C=O) groups excluding carboxylic acids is 2. The molecule has 5 heteroatoms. The zero-order valence-electron chi connectivity index (χ0n) is 12.3.